The Labute approximate surface area is 200 Å². The van der Waals surface area contributed by atoms with Crippen LogP contribution in [-0.4, -0.2) is 51.5 Å². The van der Waals surface area contributed by atoms with E-state index in [0.29, 0.717) is 42.4 Å². The van der Waals surface area contributed by atoms with Crippen LogP contribution in [0.5, 0.6) is 0 Å². The summed E-state index contributed by atoms with van der Waals surface area (Å²) in [6.45, 7) is 15.6. The van der Waals surface area contributed by atoms with Crippen molar-refractivity contribution in [2.24, 2.45) is 0 Å². The molecule has 0 saturated heterocycles. The maximum Gasteiger partial charge on any atom is 0.243 e. The molecule has 9 heteroatoms. The van der Waals surface area contributed by atoms with Crippen molar-refractivity contribution < 1.29 is 13.2 Å². The van der Waals surface area contributed by atoms with Crippen molar-refractivity contribution in [3.63, 3.8) is 0 Å². The fourth-order valence-corrected chi connectivity index (χ4v) is 6.52. The lowest BCUT2D eigenvalue weighted by Gasteiger charge is -2.18. The summed E-state index contributed by atoms with van der Waals surface area (Å²) >= 11 is 1.38. The molecule has 33 heavy (non-hydrogen) atoms. The maximum absolute atomic E-state index is 13.0. The van der Waals surface area contributed by atoms with Crippen LogP contribution >= 0.6 is 11.8 Å². The van der Waals surface area contributed by atoms with Gasteiger partial charge >= 0.3 is 0 Å². The van der Waals surface area contributed by atoms with Crippen LogP contribution in [0.4, 0.5) is 0 Å². The Bertz CT molecular complexity index is 1280. The van der Waals surface area contributed by atoms with Crippen LogP contribution in [0.25, 0.3) is 11.0 Å². The summed E-state index contributed by atoms with van der Waals surface area (Å²) < 4.78 is 31.3. The van der Waals surface area contributed by atoms with Crippen LogP contribution in [-0.2, 0) is 23.1 Å². The Kier molecular flexibility index (Phi) is 7.87. The minimum atomic E-state index is -3.56. The predicted molar refractivity (Wildman–Crippen MR) is 135 cm³/mol. The molecular formula is C24H32N4O3S2. The van der Waals surface area contributed by atoms with E-state index in [4.69, 9.17) is 0 Å². The van der Waals surface area contributed by atoms with Gasteiger partial charge in [-0.3, -0.25) is 4.79 Å². The zero-order valence-electron chi connectivity index (χ0n) is 20.0. The lowest BCUT2D eigenvalue weighted by atomic mass is 10.2. The van der Waals surface area contributed by atoms with E-state index < -0.39 is 10.0 Å². The molecule has 0 aliphatic rings. The minimum Gasteiger partial charge on any atom is -0.345 e. The molecule has 2 aromatic heterocycles. The minimum absolute atomic E-state index is 0.0444. The SMILES string of the molecule is C=CCn1c(C)cc(C(=O)CSc2nc3cc(S(=O)(=O)N(CC)CC)ccc3n2CC)c1C. The number of fused-ring (bicyclic) bond motifs is 1. The first kappa shape index (κ1) is 25.3. The number of Topliss-reactive ketones (excluding diaryl/α,β-unsaturated/α-hetero) is 1. The van der Waals surface area contributed by atoms with Crippen molar-refractivity contribution in [1.82, 2.24) is 18.4 Å². The van der Waals surface area contributed by atoms with Gasteiger partial charge in [-0.15, -0.1) is 6.58 Å². The molecule has 178 valence electrons. The zero-order valence-corrected chi connectivity index (χ0v) is 21.6. The third-order valence-electron chi connectivity index (χ3n) is 5.86. The summed E-state index contributed by atoms with van der Waals surface area (Å²) in [5, 5.41) is 0.707. The second-order valence-corrected chi connectivity index (χ2v) is 10.7. The molecule has 0 unspecified atom stereocenters. The molecule has 1 aromatic carbocycles. The van der Waals surface area contributed by atoms with Crippen LogP contribution in [0.2, 0.25) is 0 Å². The van der Waals surface area contributed by atoms with Crippen LogP contribution < -0.4 is 0 Å². The van der Waals surface area contributed by atoms with E-state index in [1.807, 2.05) is 51.3 Å². The quantitative estimate of drug-likeness (QED) is 0.223. The van der Waals surface area contributed by atoms with Crippen molar-refractivity contribution in [2.75, 3.05) is 18.8 Å². The highest BCUT2D eigenvalue weighted by atomic mass is 32.2. The molecule has 0 fully saturated rings. The van der Waals surface area contributed by atoms with E-state index in [9.17, 15) is 13.2 Å². The fraction of sp³-hybridized carbons (Fsp3) is 0.417. The van der Waals surface area contributed by atoms with Gasteiger partial charge < -0.3 is 9.13 Å². The number of aromatic nitrogens is 3. The van der Waals surface area contributed by atoms with Gasteiger partial charge in [0.2, 0.25) is 10.0 Å². The number of imidazole rings is 1. The first-order valence-electron chi connectivity index (χ1n) is 11.1. The Morgan fingerprint density at radius 3 is 2.45 bits per heavy atom. The van der Waals surface area contributed by atoms with Gasteiger partial charge in [0.05, 0.1) is 21.7 Å². The Hall–Kier alpha value is -2.36. The van der Waals surface area contributed by atoms with Crippen LogP contribution in [0.1, 0.15) is 42.5 Å². The number of nitrogens with zero attached hydrogens (tertiary/aromatic N) is 4. The van der Waals surface area contributed by atoms with Crippen molar-refractivity contribution in [3.8, 4) is 0 Å². The highest BCUT2D eigenvalue weighted by Crippen LogP contribution is 2.28. The molecular weight excluding hydrogens is 456 g/mol. The molecule has 7 nitrogen and oxygen atoms in total. The van der Waals surface area contributed by atoms with Gasteiger partial charge in [-0.25, -0.2) is 13.4 Å². The molecule has 0 spiro atoms. The fourth-order valence-electron chi connectivity index (χ4n) is 4.08. The normalized spacial score (nSPS) is 12.1. The summed E-state index contributed by atoms with van der Waals surface area (Å²) in [6, 6.07) is 6.99. The van der Waals surface area contributed by atoms with E-state index in [1.54, 1.807) is 18.2 Å². The molecule has 2 heterocycles. The number of thioether (sulfide) groups is 1. The molecule has 3 aromatic rings. The van der Waals surface area contributed by atoms with Crippen LogP contribution in [0.3, 0.4) is 0 Å². The van der Waals surface area contributed by atoms with Crippen molar-refractivity contribution in [2.45, 2.75) is 57.8 Å². The topological polar surface area (TPSA) is 77.2 Å². The van der Waals surface area contributed by atoms with E-state index >= 15 is 0 Å². The number of hydrogen-bond donors (Lipinski definition) is 0. The first-order chi connectivity index (χ1) is 15.7. The van der Waals surface area contributed by atoms with Gasteiger partial charge in [0.1, 0.15) is 0 Å². The highest BCUT2D eigenvalue weighted by molar-refractivity contribution is 7.99. The maximum atomic E-state index is 13.0. The second kappa shape index (κ2) is 10.3. The number of allylic oxidation sites excluding steroid dienone is 1. The molecule has 0 saturated carbocycles. The molecule has 3 rings (SSSR count). The number of aryl methyl sites for hydroxylation is 2. The average Bonchev–Trinajstić information content (AvgIpc) is 3.29. The Morgan fingerprint density at radius 2 is 1.85 bits per heavy atom. The predicted octanol–water partition coefficient (Wildman–Crippen LogP) is 4.67. The van der Waals surface area contributed by atoms with Crippen molar-refractivity contribution in [1.29, 1.82) is 0 Å². The average molecular weight is 489 g/mol. The largest absolute Gasteiger partial charge is 0.345 e. The Morgan fingerprint density at radius 1 is 1.15 bits per heavy atom. The van der Waals surface area contributed by atoms with E-state index in [0.717, 1.165) is 16.9 Å². The van der Waals surface area contributed by atoms with E-state index in [-0.39, 0.29) is 16.4 Å². The third-order valence-corrected chi connectivity index (χ3v) is 8.88. The molecule has 0 radical (unpaired) electrons. The summed E-state index contributed by atoms with van der Waals surface area (Å²) in [5.41, 5.74) is 4.16. The number of hydrogen-bond acceptors (Lipinski definition) is 5. The van der Waals surface area contributed by atoms with Crippen molar-refractivity contribution >= 4 is 38.6 Å². The number of sulfonamides is 1. The molecule has 0 bridgehead atoms. The van der Waals surface area contributed by atoms with Gasteiger partial charge in [0.15, 0.2) is 10.9 Å². The molecule has 0 N–H and O–H groups in total. The highest BCUT2D eigenvalue weighted by Gasteiger charge is 2.23. The lowest BCUT2D eigenvalue weighted by molar-refractivity contribution is 0.102. The zero-order chi connectivity index (χ0) is 24.3. The number of carbonyl (C=O) groups is 1. The van der Waals surface area contributed by atoms with E-state index in [2.05, 4.69) is 16.1 Å². The number of ketones is 1. The molecule has 0 aliphatic carbocycles. The summed E-state index contributed by atoms with van der Waals surface area (Å²) in [5.74, 6) is 0.301. The summed E-state index contributed by atoms with van der Waals surface area (Å²) in [4.78, 5) is 17.9. The van der Waals surface area contributed by atoms with Gasteiger partial charge in [0.25, 0.3) is 0 Å². The van der Waals surface area contributed by atoms with Gasteiger partial charge in [-0.05, 0) is 45.0 Å². The second-order valence-electron chi connectivity index (χ2n) is 7.77. The van der Waals surface area contributed by atoms with Crippen molar-refractivity contribution in [3.05, 3.63) is 53.9 Å². The number of rotatable bonds is 11. The monoisotopic (exact) mass is 488 g/mol. The lowest BCUT2D eigenvalue weighted by Crippen LogP contribution is -2.30. The summed E-state index contributed by atoms with van der Waals surface area (Å²) in [6.07, 6.45) is 1.82. The smallest absolute Gasteiger partial charge is 0.243 e. The molecule has 0 atom stereocenters. The van der Waals surface area contributed by atoms with Crippen LogP contribution in [0, 0.1) is 13.8 Å². The first-order valence-corrected chi connectivity index (χ1v) is 13.6. The molecule has 0 aliphatic heterocycles. The molecule has 0 amide bonds. The summed E-state index contributed by atoms with van der Waals surface area (Å²) in [7, 11) is -3.56. The number of carbonyl (C=O) groups excluding carboxylic acids is 1. The van der Waals surface area contributed by atoms with Gasteiger partial charge in [-0.2, -0.15) is 4.31 Å². The van der Waals surface area contributed by atoms with Crippen LogP contribution in [0.15, 0.2) is 47.0 Å². The van der Waals surface area contributed by atoms with Gasteiger partial charge in [0, 0.05) is 43.1 Å². The number of benzene rings is 1. The van der Waals surface area contributed by atoms with Gasteiger partial charge in [-0.1, -0.05) is 31.7 Å². The van der Waals surface area contributed by atoms with E-state index in [1.165, 1.54) is 16.1 Å². The standard InChI is InChI=1S/C24H32N4O3S2/c1-7-13-28-17(5)14-20(18(28)6)23(29)16-32-24-25-21-15-19(11-12-22(21)27(24)10-4)33(30,31)26(8-2)9-3/h7,11-12,14-15H,1,8-10,13,16H2,2-6H3. The third kappa shape index (κ3) is 4.81. The Balaban J connectivity index is 1.89.